The van der Waals surface area contributed by atoms with Crippen LogP contribution in [0, 0.1) is 13.8 Å². The van der Waals surface area contributed by atoms with Crippen LogP contribution in [0.15, 0.2) is 30.3 Å². The van der Waals surface area contributed by atoms with Crippen LogP contribution in [0.5, 0.6) is 0 Å². The van der Waals surface area contributed by atoms with E-state index in [1.165, 1.54) is 28.1 Å². The van der Waals surface area contributed by atoms with E-state index in [-0.39, 0.29) is 0 Å². The first kappa shape index (κ1) is 13.9. The molecule has 1 heterocycles. The molecule has 0 aliphatic carbocycles. The van der Waals surface area contributed by atoms with Gasteiger partial charge in [-0.05, 0) is 43.0 Å². The van der Waals surface area contributed by atoms with E-state index in [2.05, 4.69) is 68.0 Å². The third kappa shape index (κ3) is 3.07. The molecule has 2 rings (SSSR count). The summed E-state index contributed by atoms with van der Waals surface area (Å²) in [5.41, 5.74) is 6.93. The lowest BCUT2D eigenvalue weighted by Crippen LogP contribution is -2.14. The number of nitrogens with zero attached hydrogens (tertiary/aromatic N) is 1. The first-order valence-electron chi connectivity index (χ1n) is 7.02. The van der Waals surface area contributed by atoms with Gasteiger partial charge in [-0.25, -0.2) is 0 Å². The summed E-state index contributed by atoms with van der Waals surface area (Å²) in [7, 11) is 2.13. The number of aromatic nitrogens is 1. The van der Waals surface area contributed by atoms with Crippen molar-refractivity contribution in [2.75, 3.05) is 0 Å². The summed E-state index contributed by atoms with van der Waals surface area (Å²) < 4.78 is 2.25. The van der Waals surface area contributed by atoms with Crippen LogP contribution >= 0.6 is 0 Å². The summed E-state index contributed by atoms with van der Waals surface area (Å²) in [6.45, 7) is 8.43. The largest absolute Gasteiger partial charge is 0.352 e. The number of benzene rings is 1. The molecule has 0 spiro atoms. The monoisotopic (exact) mass is 256 g/mol. The maximum absolute atomic E-state index is 3.56. The maximum atomic E-state index is 3.56. The van der Waals surface area contributed by atoms with E-state index in [9.17, 15) is 0 Å². The molecule has 2 nitrogen and oxygen atoms in total. The van der Waals surface area contributed by atoms with E-state index in [1.54, 1.807) is 0 Å². The average Bonchev–Trinajstić information content (AvgIpc) is 2.67. The molecule has 0 atom stereocenters. The predicted molar refractivity (Wildman–Crippen MR) is 81.3 cm³/mol. The highest BCUT2D eigenvalue weighted by Crippen LogP contribution is 2.14. The van der Waals surface area contributed by atoms with Crippen LogP contribution in [-0.4, -0.2) is 4.57 Å². The normalized spacial score (nSPS) is 10.9. The van der Waals surface area contributed by atoms with Crippen LogP contribution in [0.2, 0.25) is 0 Å². The number of nitrogens with one attached hydrogen (secondary N) is 1. The average molecular weight is 256 g/mol. The lowest BCUT2D eigenvalue weighted by atomic mass is 10.1. The Morgan fingerprint density at radius 2 is 1.63 bits per heavy atom. The van der Waals surface area contributed by atoms with Gasteiger partial charge in [0.25, 0.3) is 0 Å². The third-order valence-electron chi connectivity index (χ3n) is 4.01. The molecule has 0 bridgehead atoms. The zero-order valence-electron chi connectivity index (χ0n) is 12.5. The lowest BCUT2D eigenvalue weighted by molar-refractivity contribution is 0.682. The van der Waals surface area contributed by atoms with E-state index < -0.39 is 0 Å². The van der Waals surface area contributed by atoms with Gasteiger partial charge in [0.15, 0.2) is 0 Å². The van der Waals surface area contributed by atoms with Crippen LogP contribution in [0.4, 0.5) is 0 Å². The van der Waals surface area contributed by atoms with E-state index in [1.807, 2.05) is 0 Å². The molecule has 0 saturated heterocycles. The first-order chi connectivity index (χ1) is 9.13. The Bertz CT molecular complexity index is 552. The van der Waals surface area contributed by atoms with Crippen molar-refractivity contribution in [1.82, 2.24) is 9.88 Å². The lowest BCUT2D eigenvalue weighted by Gasteiger charge is -2.09. The molecule has 0 aliphatic heterocycles. The van der Waals surface area contributed by atoms with E-state index in [0.717, 1.165) is 19.5 Å². The molecular weight excluding hydrogens is 232 g/mol. The molecule has 1 aromatic heterocycles. The van der Waals surface area contributed by atoms with E-state index >= 15 is 0 Å². The summed E-state index contributed by atoms with van der Waals surface area (Å²) in [4.78, 5) is 0. The van der Waals surface area contributed by atoms with Gasteiger partial charge in [0.1, 0.15) is 0 Å². The Hall–Kier alpha value is -1.54. The van der Waals surface area contributed by atoms with Gasteiger partial charge < -0.3 is 9.88 Å². The van der Waals surface area contributed by atoms with Crippen LogP contribution in [-0.2, 0) is 26.6 Å². The van der Waals surface area contributed by atoms with Crippen LogP contribution in [0.3, 0.4) is 0 Å². The molecule has 1 N–H and O–H groups in total. The Morgan fingerprint density at radius 1 is 1.00 bits per heavy atom. The minimum atomic E-state index is 0.936. The van der Waals surface area contributed by atoms with Gasteiger partial charge in [-0.15, -0.1) is 0 Å². The Balaban J connectivity index is 1.98. The van der Waals surface area contributed by atoms with E-state index in [0.29, 0.717) is 0 Å². The molecule has 0 unspecified atom stereocenters. The Labute approximate surface area is 116 Å². The smallest absolute Gasteiger partial charge is 0.0226 e. The first-order valence-corrected chi connectivity index (χ1v) is 7.02. The molecule has 0 saturated carbocycles. The minimum absolute atomic E-state index is 0.936. The van der Waals surface area contributed by atoms with Crippen molar-refractivity contribution in [3.8, 4) is 0 Å². The van der Waals surface area contributed by atoms with Crippen molar-refractivity contribution < 1.29 is 0 Å². The Morgan fingerprint density at radius 3 is 2.21 bits per heavy atom. The van der Waals surface area contributed by atoms with Crippen molar-refractivity contribution in [3.05, 3.63) is 58.4 Å². The zero-order chi connectivity index (χ0) is 13.8. The minimum Gasteiger partial charge on any atom is -0.352 e. The second-order valence-electron chi connectivity index (χ2n) is 5.18. The summed E-state index contributed by atoms with van der Waals surface area (Å²) in [5.74, 6) is 0. The fourth-order valence-corrected chi connectivity index (χ4v) is 2.52. The molecule has 0 radical (unpaired) electrons. The predicted octanol–water partition coefficient (Wildman–Crippen LogP) is 3.49. The van der Waals surface area contributed by atoms with Crippen molar-refractivity contribution in [2.24, 2.45) is 7.05 Å². The summed E-state index contributed by atoms with van der Waals surface area (Å²) >= 11 is 0. The molecule has 0 amide bonds. The van der Waals surface area contributed by atoms with Gasteiger partial charge in [0, 0.05) is 31.5 Å². The number of hydrogen-bond acceptors (Lipinski definition) is 1. The van der Waals surface area contributed by atoms with Crippen LogP contribution < -0.4 is 5.32 Å². The number of hydrogen-bond donors (Lipinski definition) is 1. The van der Waals surface area contributed by atoms with Gasteiger partial charge in [0.2, 0.25) is 0 Å². The number of rotatable bonds is 5. The quantitative estimate of drug-likeness (QED) is 0.866. The van der Waals surface area contributed by atoms with Gasteiger partial charge in [-0.1, -0.05) is 31.2 Å². The molecule has 2 heteroatoms. The molecule has 0 aliphatic rings. The topological polar surface area (TPSA) is 17.0 Å². The van der Waals surface area contributed by atoms with Gasteiger partial charge in [-0.2, -0.15) is 0 Å². The highest BCUT2D eigenvalue weighted by atomic mass is 15.0. The molecular formula is C17H24N2. The van der Waals surface area contributed by atoms with Crippen molar-refractivity contribution in [2.45, 2.75) is 40.3 Å². The second-order valence-corrected chi connectivity index (χ2v) is 5.18. The molecule has 102 valence electrons. The van der Waals surface area contributed by atoms with Crippen molar-refractivity contribution >= 4 is 0 Å². The number of aryl methyl sites for hydroxylation is 2. The van der Waals surface area contributed by atoms with Crippen molar-refractivity contribution in [3.63, 3.8) is 0 Å². The molecule has 1 aromatic carbocycles. The van der Waals surface area contributed by atoms with Gasteiger partial charge in [0.05, 0.1) is 0 Å². The SMILES string of the molecule is CCc1ccccc1CNCc1cc(C)n(C)c1C. The van der Waals surface area contributed by atoms with Gasteiger partial charge in [-0.3, -0.25) is 0 Å². The van der Waals surface area contributed by atoms with E-state index in [4.69, 9.17) is 0 Å². The zero-order valence-corrected chi connectivity index (χ0v) is 12.5. The summed E-state index contributed by atoms with van der Waals surface area (Å²) in [6, 6.07) is 10.9. The third-order valence-corrected chi connectivity index (χ3v) is 4.01. The van der Waals surface area contributed by atoms with Crippen LogP contribution in [0.25, 0.3) is 0 Å². The van der Waals surface area contributed by atoms with Gasteiger partial charge >= 0.3 is 0 Å². The maximum Gasteiger partial charge on any atom is 0.0226 e. The molecule has 19 heavy (non-hydrogen) atoms. The highest BCUT2D eigenvalue weighted by molar-refractivity contribution is 5.28. The second kappa shape index (κ2) is 6.07. The fraction of sp³-hybridized carbons (Fsp3) is 0.412. The van der Waals surface area contributed by atoms with Crippen molar-refractivity contribution in [1.29, 1.82) is 0 Å². The summed E-state index contributed by atoms with van der Waals surface area (Å²) in [6.07, 6.45) is 1.10. The standard InChI is InChI=1S/C17H24N2/c1-5-15-8-6-7-9-16(15)11-18-12-17-10-13(2)19(4)14(17)3/h6-10,18H,5,11-12H2,1-4H3. The Kier molecular flexibility index (Phi) is 4.43. The molecule has 2 aromatic rings. The fourth-order valence-electron chi connectivity index (χ4n) is 2.52. The molecule has 0 fully saturated rings. The summed E-state index contributed by atoms with van der Waals surface area (Å²) in [5, 5.41) is 3.56. The van der Waals surface area contributed by atoms with Crippen LogP contribution in [0.1, 0.15) is 35.0 Å². The highest BCUT2D eigenvalue weighted by Gasteiger charge is 2.06.